The summed E-state index contributed by atoms with van der Waals surface area (Å²) in [6.07, 6.45) is 4.84. The Morgan fingerprint density at radius 2 is 1.05 bits per heavy atom. The third-order valence-electron chi connectivity index (χ3n) is 9.17. The number of nitrogens with zero attached hydrogens (tertiary/aromatic N) is 2. The molecule has 0 atom stereocenters. The van der Waals surface area contributed by atoms with E-state index in [9.17, 15) is 34.8 Å². The van der Waals surface area contributed by atoms with Crippen LogP contribution in [0.3, 0.4) is 0 Å². The summed E-state index contributed by atoms with van der Waals surface area (Å²) in [5.41, 5.74) is 10.6. The quantitative estimate of drug-likeness (QED) is 0.0382. The van der Waals surface area contributed by atoms with Gasteiger partial charge in [0.25, 0.3) is 6.26 Å². The van der Waals surface area contributed by atoms with Crippen molar-refractivity contribution in [1.82, 2.24) is 0 Å². The summed E-state index contributed by atoms with van der Waals surface area (Å²) in [5.74, 6) is -0.0617. The van der Waals surface area contributed by atoms with Crippen molar-refractivity contribution < 1.29 is 39.5 Å². The van der Waals surface area contributed by atoms with Crippen molar-refractivity contribution in [1.29, 1.82) is 5.26 Å². The first kappa shape index (κ1) is 52.2. The number of Topliss-reactive ketones (excluding diaryl/α,β-unsaturated/α-hetero) is 3. The van der Waals surface area contributed by atoms with Crippen LogP contribution in [0.4, 0.5) is 0 Å². The van der Waals surface area contributed by atoms with Crippen LogP contribution in [0.2, 0.25) is 15.1 Å². The van der Waals surface area contributed by atoms with Crippen LogP contribution in [-0.2, 0) is 33.8 Å². The maximum Gasteiger partial charge on any atom is 0.286 e. The van der Waals surface area contributed by atoms with Gasteiger partial charge in [0.15, 0.2) is 11.6 Å². The van der Waals surface area contributed by atoms with E-state index >= 15 is 0 Å². The number of aliphatic imine (C=N–C) groups is 1. The van der Waals surface area contributed by atoms with Gasteiger partial charge in [-0.05, 0) is 110 Å². The summed E-state index contributed by atoms with van der Waals surface area (Å²) in [7, 11) is 0. The van der Waals surface area contributed by atoms with Crippen molar-refractivity contribution in [2.45, 2.75) is 72.8 Å². The largest absolute Gasteiger partial charge is 0.508 e. The zero-order chi connectivity index (χ0) is 46.2. The summed E-state index contributed by atoms with van der Waals surface area (Å²) in [4.78, 5) is 38.6. The lowest BCUT2D eigenvalue weighted by atomic mass is 10.0. The van der Waals surface area contributed by atoms with Gasteiger partial charge in [-0.2, -0.15) is 5.26 Å². The second kappa shape index (κ2) is 27.8. The minimum absolute atomic E-state index is 0.00477. The molecule has 0 aliphatic heterocycles. The molecule has 5 aromatic carbocycles. The van der Waals surface area contributed by atoms with E-state index in [0.29, 0.717) is 76.2 Å². The van der Waals surface area contributed by atoms with E-state index in [2.05, 4.69) is 9.73 Å². The molecule has 5 aromatic rings. The first-order valence-electron chi connectivity index (χ1n) is 19.6. The Kier molecular flexibility index (Phi) is 23.5. The second-order valence-electron chi connectivity index (χ2n) is 13.6. The van der Waals surface area contributed by atoms with Gasteiger partial charge in [0.2, 0.25) is 0 Å². The van der Waals surface area contributed by atoms with Gasteiger partial charge in [0.05, 0.1) is 18.7 Å². The molecule has 0 amide bonds. The average molecular weight is 905 g/mol. The molecule has 14 heteroatoms. The topological polar surface area (TPSA) is 204 Å². The maximum atomic E-state index is 12.1. The maximum absolute atomic E-state index is 12.1. The minimum Gasteiger partial charge on any atom is -0.508 e. The number of phenols is 4. The molecule has 0 heterocycles. The van der Waals surface area contributed by atoms with Crippen molar-refractivity contribution in [3.05, 3.63) is 151 Å². The number of rotatable bonds is 15. The zero-order valence-electron chi connectivity index (χ0n) is 35.1. The van der Waals surface area contributed by atoms with E-state index in [1.165, 1.54) is 18.2 Å². The molecule has 62 heavy (non-hydrogen) atoms. The van der Waals surface area contributed by atoms with E-state index in [4.69, 9.17) is 45.8 Å². The van der Waals surface area contributed by atoms with Crippen LogP contribution in [0.1, 0.15) is 83.3 Å². The van der Waals surface area contributed by atoms with Crippen LogP contribution in [0.15, 0.2) is 102 Å². The van der Waals surface area contributed by atoms with Gasteiger partial charge < -0.3 is 30.9 Å². The van der Waals surface area contributed by atoms with Gasteiger partial charge in [-0.1, -0.05) is 85.0 Å². The Balaban J connectivity index is 0.000000304. The average Bonchev–Trinajstić information content (AvgIpc) is 3.28. The number of phenolic OH excluding ortho intramolecular Hbond substituents is 4. The molecule has 0 radical (unpaired) electrons. The first-order chi connectivity index (χ1) is 29.5. The highest BCUT2D eigenvalue weighted by Crippen LogP contribution is 2.31. The molecule has 5 rings (SSSR count). The molecule has 6 N–H and O–H groups in total. The van der Waals surface area contributed by atoms with Gasteiger partial charge >= 0.3 is 0 Å². The molecule has 0 fully saturated rings. The lowest BCUT2D eigenvalue weighted by Gasteiger charge is -2.10. The van der Waals surface area contributed by atoms with Crippen molar-refractivity contribution in [2.75, 3.05) is 13.1 Å². The monoisotopic (exact) mass is 903 g/mol. The van der Waals surface area contributed by atoms with Gasteiger partial charge in [0.1, 0.15) is 35.4 Å². The normalized spacial score (nSPS) is 10.4. The Bertz CT molecular complexity index is 2290. The molecule has 11 nitrogen and oxygen atoms in total. The number of halogens is 3. The van der Waals surface area contributed by atoms with Crippen molar-refractivity contribution in [2.24, 2.45) is 10.7 Å². The molecular weight excluding hydrogens is 853 g/mol. The predicted octanol–water partition coefficient (Wildman–Crippen LogP) is 10.6. The number of aryl methyl sites for hydroxylation is 2. The molecule has 0 saturated carbocycles. The molecule has 0 aliphatic rings. The molecule has 0 unspecified atom stereocenters. The smallest absolute Gasteiger partial charge is 0.286 e. The Morgan fingerprint density at radius 1 is 0.629 bits per heavy atom. The van der Waals surface area contributed by atoms with Gasteiger partial charge in [-0.25, -0.2) is 0 Å². The summed E-state index contributed by atoms with van der Waals surface area (Å²) < 4.78 is 4.52. The first-order valence-corrected chi connectivity index (χ1v) is 20.8. The van der Waals surface area contributed by atoms with E-state index in [1.54, 1.807) is 45.2 Å². The van der Waals surface area contributed by atoms with Crippen LogP contribution in [0.25, 0.3) is 0 Å². The van der Waals surface area contributed by atoms with E-state index in [0.717, 1.165) is 23.1 Å². The third kappa shape index (κ3) is 18.4. The highest BCUT2D eigenvalue weighted by atomic mass is 35.5. The predicted molar refractivity (Wildman–Crippen MR) is 246 cm³/mol. The third-order valence-corrected chi connectivity index (χ3v) is 9.93. The number of hydrogen-bond donors (Lipinski definition) is 5. The van der Waals surface area contributed by atoms with Gasteiger partial charge in [-0.3, -0.25) is 19.4 Å². The summed E-state index contributed by atoms with van der Waals surface area (Å²) >= 11 is 17.2. The number of ketones is 3. The summed E-state index contributed by atoms with van der Waals surface area (Å²) in [6.45, 7) is 7.37. The second-order valence-corrected chi connectivity index (χ2v) is 15.0. The van der Waals surface area contributed by atoms with Crippen LogP contribution in [0.5, 0.6) is 23.0 Å². The van der Waals surface area contributed by atoms with Crippen molar-refractivity contribution in [3.63, 3.8) is 0 Å². The molecule has 328 valence electrons. The lowest BCUT2D eigenvalue weighted by Crippen LogP contribution is -2.13. The zero-order valence-corrected chi connectivity index (χ0v) is 37.4. The number of hydrogen-bond acceptors (Lipinski definition) is 11. The number of nitriles is 1. The Morgan fingerprint density at radius 3 is 1.47 bits per heavy atom. The van der Waals surface area contributed by atoms with E-state index in [1.807, 2.05) is 67.6 Å². The fourth-order valence-corrected chi connectivity index (χ4v) is 5.72. The SMILES string of the molecule is CCC(=NCC(=O)CCc1ccc(Cl)cc1)c1ccc(O)c(C)c1O.CCC(=O)c1ccc(O)c(C)c1O.N#COCc1ccc(Cl)cc1.NCC(=O)CCc1ccc(Cl)cc1. The number of benzene rings is 5. The van der Waals surface area contributed by atoms with Crippen LogP contribution in [0, 0.1) is 25.4 Å². The molecule has 0 aromatic heterocycles. The number of carbonyl (C=O) groups is 3. The van der Waals surface area contributed by atoms with E-state index in [-0.39, 0.29) is 59.0 Å². The highest BCUT2D eigenvalue weighted by molar-refractivity contribution is 6.31. The Labute approximate surface area is 378 Å². The number of nitrogens with two attached hydrogens (primary N) is 1. The van der Waals surface area contributed by atoms with Crippen LogP contribution in [-0.4, -0.2) is 56.6 Å². The van der Waals surface area contributed by atoms with Crippen molar-refractivity contribution in [3.8, 4) is 29.3 Å². The van der Waals surface area contributed by atoms with E-state index < -0.39 is 0 Å². The fourth-order valence-electron chi connectivity index (χ4n) is 5.35. The van der Waals surface area contributed by atoms with Crippen LogP contribution >= 0.6 is 34.8 Å². The summed E-state index contributed by atoms with van der Waals surface area (Å²) in [6, 6.07) is 28.1. The Hall–Kier alpha value is -5.90. The van der Waals surface area contributed by atoms with Gasteiger partial charge in [0, 0.05) is 56.7 Å². The molecule has 0 bridgehead atoms. The molecular formula is C48H52Cl3N3O8. The highest BCUT2D eigenvalue weighted by Gasteiger charge is 2.14. The summed E-state index contributed by atoms with van der Waals surface area (Å²) in [5, 5.41) is 48.7. The molecule has 0 spiro atoms. The molecule has 0 saturated heterocycles. The molecule has 0 aliphatic carbocycles. The minimum atomic E-state index is -0.124. The standard InChI is InChI=1S/C20H22ClNO3.C10H12ClNO.C10H12O3.C8H6ClNO/c1-3-18(17-10-11-19(24)13(2)20(17)25)22-12-16(23)9-6-14-4-7-15(21)8-5-14;11-9-4-1-8(2-5-9)3-6-10(13)7-12;1-3-8(11)7-4-5-9(12)6(2)10(7)13;9-8-3-1-7(2-4-8)5-11-6-10/h4-5,7-8,10-11,24-25H,3,6,9,12H2,1-2H3;1-2,4-5H,3,6-7,12H2;4-5,12-13H,3H2,1-2H3;1-4H,5H2. The van der Waals surface area contributed by atoms with Crippen LogP contribution < -0.4 is 5.73 Å². The number of ether oxygens (including phenoxy) is 1. The van der Waals surface area contributed by atoms with Gasteiger partial charge in [-0.15, -0.1) is 0 Å². The number of aromatic hydroxyl groups is 4. The van der Waals surface area contributed by atoms with Crippen molar-refractivity contribution >= 4 is 57.9 Å². The lowest BCUT2D eigenvalue weighted by molar-refractivity contribution is -0.118. The fraction of sp³-hybridized carbons (Fsp3) is 0.271. The number of carbonyl (C=O) groups excluding carboxylic acids is 3.